The van der Waals surface area contributed by atoms with E-state index in [2.05, 4.69) is 75.9 Å². The number of benzene rings is 8. The van der Waals surface area contributed by atoms with E-state index in [1.54, 1.807) is 0 Å². The summed E-state index contributed by atoms with van der Waals surface area (Å²) in [6, 6.07) is 20.0. The van der Waals surface area contributed by atoms with Crippen LogP contribution in [0, 0.1) is 0 Å². The quantitative estimate of drug-likeness (QED) is 0.115. The molecule has 0 fully saturated rings. The van der Waals surface area contributed by atoms with E-state index < -0.39 is 0 Å². The van der Waals surface area contributed by atoms with Crippen molar-refractivity contribution < 1.29 is 0 Å². The highest BCUT2D eigenvalue weighted by Crippen LogP contribution is 2.50. The molecular formula is C30H10Br4O2. The Morgan fingerprint density at radius 3 is 1.89 bits per heavy atom. The van der Waals surface area contributed by atoms with E-state index in [4.69, 9.17) is 0 Å². The predicted molar refractivity (Wildman–Crippen MR) is 166 cm³/mol. The first-order valence-corrected chi connectivity index (χ1v) is 14.4. The van der Waals surface area contributed by atoms with Gasteiger partial charge in [0, 0.05) is 55.6 Å². The summed E-state index contributed by atoms with van der Waals surface area (Å²) < 4.78 is 3.21. The highest BCUT2D eigenvalue weighted by molar-refractivity contribution is 9.13. The molecule has 0 aromatic heterocycles. The molecule has 8 aromatic rings. The molecule has 0 N–H and O–H groups in total. The Balaban J connectivity index is 1.84. The first-order valence-electron chi connectivity index (χ1n) is 11.2. The lowest BCUT2D eigenvalue weighted by atomic mass is 9.84. The van der Waals surface area contributed by atoms with Crippen molar-refractivity contribution in [3.8, 4) is 0 Å². The van der Waals surface area contributed by atoms with Crippen LogP contribution in [-0.4, -0.2) is 0 Å². The third-order valence-electron chi connectivity index (χ3n) is 7.57. The van der Waals surface area contributed by atoms with Crippen LogP contribution in [0.3, 0.4) is 0 Å². The molecule has 2 nitrogen and oxygen atoms in total. The van der Waals surface area contributed by atoms with Crippen molar-refractivity contribution in [2.24, 2.45) is 0 Å². The van der Waals surface area contributed by atoms with Gasteiger partial charge in [-0.05, 0) is 99.9 Å². The van der Waals surface area contributed by atoms with Crippen molar-refractivity contribution >= 4 is 139 Å². The molecule has 8 rings (SSSR count). The van der Waals surface area contributed by atoms with Crippen molar-refractivity contribution in [1.82, 2.24) is 0 Å². The molecular weight excluding hydrogens is 712 g/mol. The molecule has 0 aliphatic carbocycles. The minimum atomic E-state index is -0.0369. The average Bonchev–Trinajstić information content (AvgIpc) is 2.89. The average molecular weight is 722 g/mol. The summed E-state index contributed by atoms with van der Waals surface area (Å²) in [5, 5.41) is 12.6. The van der Waals surface area contributed by atoms with Gasteiger partial charge in [0.1, 0.15) is 0 Å². The summed E-state index contributed by atoms with van der Waals surface area (Å²) in [6.07, 6.45) is 0. The molecule has 0 saturated carbocycles. The fraction of sp³-hybridized carbons (Fsp3) is 0. The second kappa shape index (κ2) is 7.13. The Morgan fingerprint density at radius 1 is 0.417 bits per heavy atom. The molecule has 0 heterocycles. The van der Waals surface area contributed by atoms with E-state index >= 15 is 0 Å². The molecule has 0 radical (unpaired) electrons. The molecule has 0 saturated heterocycles. The van der Waals surface area contributed by atoms with Gasteiger partial charge in [-0.2, -0.15) is 0 Å². The summed E-state index contributed by atoms with van der Waals surface area (Å²) in [7, 11) is 0. The SMILES string of the molecule is O=c1c2ccccc2c2cc3c(Br)c(Br)c4c(=O)c5c(Br)ccc(Br)c5c5cc6ccc1c2c6c3c45. The summed E-state index contributed by atoms with van der Waals surface area (Å²) in [4.78, 5) is 27.6. The van der Waals surface area contributed by atoms with Gasteiger partial charge in [-0.1, -0.05) is 62.2 Å². The van der Waals surface area contributed by atoms with Crippen LogP contribution >= 0.6 is 63.7 Å². The molecule has 0 spiro atoms. The van der Waals surface area contributed by atoms with Crippen molar-refractivity contribution in [2.45, 2.75) is 0 Å². The van der Waals surface area contributed by atoms with E-state index in [0.29, 0.717) is 16.2 Å². The lowest BCUT2D eigenvalue weighted by molar-refractivity contribution is 1.65. The van der Waals surface area contributed by atoms with E-state index in [9.17, 15) is 9.59 Å². The maximum Gasteiger partial charge on any atom is 0.196 e. The summed E-state index contributed by atoms with van der Waals surface area (Å²) in [5.41, 5.74) is 0.00191. The lowest BCUT2D eigenvalue weighted by Gasteiger charge is -2.21. The molecule has 0 aliphatic rings. The van der Waals surface area contributed by atoms with Gasteiger partial charge < -0.3 is 0 Å². The molecule has 0 aliphatic heterocycles. The van der Waals surface area contributed by atoms with Gasteiger partial charge in [0.2, 0.25) is 0 Å². The Morgan fingerprint density at radius 2 is 1.11 bits per heavy atom. The zero-order valence-electron chi connectivity index (χ0n) is 18.1. The fourth-order valence-electron chi connectivity index (χ4n) is 6.14. The topological polar surface area (TPSA) is 34.1 Å². The van der Waals surface area contributed by atoms with Crippen LogP contribution in [0.2, 0.25) is 0 Å². The van der Waals surface area contributed by atoms with Crippen LogP contribution in [0.4, 0.5) is 0 Å². The summed E-state index contributed by atoms with van der Waals surface area (Å²) in [6.45, 7) is 0. The zero-order valence-corrected chi connectivity index (χ0v) is 24.4. The molecule has 0 amide bonds. The molecule has 0 atom stereocenters. The van der Waals surface area contributed by atoms with Crippen molar-refractivity contribution in [2.75, 3.05) is 0 Å². The standard InChI is InChI=1S/C30H10Br4O2/c31-18-7-8-19(32)25-22(18)16-9-11-5-6-14-21-15(12-3-1-2-4-13(12)29(14)35)10-17-24(20(11)21)23(16)26(30(25)36)28(34)27(17)33/h1-10H. The smallest absolute Gasteiger partial charge is 0.196 e. The van der Waals surface area contributed by atoms with E-state index in [0.717, 1.165) is 77.1 Å². The van der Waals surface area contributed by atoms with Crippen molar-refractivity contribution in [3.05, 3.63) is 99.0 Å². The van der Waals surface area contributed by atoms with E-state index in [1.165, 1.54) is 0 Å². The Kier molecular flexibility index (Phi) is 4.30. The van der Waals surface area contributed by atoms with Gasteiger partial charge in [0.25, 0.3) is 0 Å². The van der Waals surface area contributed by atoms with Gasteiger partial charge in [0.05, 0.1) is 0 Å². The Hall–Kier alpha value is -2.38. The molecule has 0 bridgehead atoms. The van der Waals surface area contributed by atoms with Gasteiger partial charge in [-0.15, -0.1) is 0 Å². The summed E-state index contributed by atoms with van der Waals surface area (Å²) in [5.74, 6) is 0. The fourth-order valence-corrected chi connectivity index (χ4v) is 8.30. The summed E-state index contributed by atoms with van der Waals surface area (Å²) >= 11 is 15.0. The van der Waals surface area contributed by atoms with Gasteiger partial charge >= 0.3 is 0 Å². The lowest BCUT2D eigenvalue weighted by Crippen LogP contribution is -2.08. The van der Waals surface area contributed by atoms with Crippen molar-refractivity contribution in [1.29, 1.82) is 0 Å². The number of halogens is 4. The van der Waals surface area contributed by atoms with Gasteiger partial charge in [-0.3, -0.25) is 9.59 Å². The number of rotatable bonds is 0. The first-order chi connectivity index (χ1) is 17.4. The van der Waals surface area contributed by atoms with Crippen molar-refractivity contribution in [3.63, 3.8) is 0 Å². The van der Waals surface area contributed by atoms with Crippen LogP contribution in [0.25, 0.3) is 75.4 Å². The van der Waals surface area contributed by atoms with Crippen LogP contribution in [0.15, 0.2) is 88.1 Å². The van der Waals surface area contributed by atoms with Gasteiger partial charge in [-0.25, -0.2) is 0 Å². The second-order valence-corrected chi connectivity index (χ2v) is 12.5. The van der Waals surface area contributed by atoms with Crippen LogP contribution < -0.4 is 10.9 Å². The molecule has 36 heavy (non-hydrogen) atoms. The minimum Gasteiger partial charge on any atom is -0.289 e. The first kappa shape index (κ1) is 21.7. The molecule has 0 unspecified atom stereocenters. The normalized spacial score (nSPS) is 12.7. The second-order valence-electron chi connectivity index (χ2n) is 9.22. The maximum absolute atomic E-state index is 14.0. The maximum atomic E-state index is 14.0. The third-order valence-corrected chi connectivity index (χ3v) is 11.0. The van der Waals surface area contributed by atoms with E-state index in [1.807, 2.05) is 48.5 Å². The monoisotopic (exact) mass is 718 g/mol. The third kappa shape index (κ3) is 2.42. The minimum absolute atomic E-state index is 0.0369. The predicted octanol–water partition coefficient (Wildman–Crippen LogP) is 9.84. The number of hydrogen-bond donors (Lipinski definition) is 0. The molecule has 170 valence electrons. The van der Waals surface area contributed by atoms with Crippen LogP contribution in [0.1, 0.15) is 0 Å². The molecule has 6 heteroatoms. The van der Waals surface area contributed by atoms with E-state index in [-0.39, 0.29) is 10.9 Å². The largest absolute Gasteiger partial charge is 0.289 e. The Labute approximate surface area is 236 Å². The highest BCUT2D eigenvalue weighted by atomic mass is 79.9. The number of fused-ring (bicyclic) bond motifs is 4. The van der Waals surface area contributed by atoms with Crippen LogP contribution in [-0.2, 0) is 0 Å². The van der Waals surface area contributed by atoms with Crippen LogP contribution in [0.5, 0.6) is 0 Å². The Bertz CT molecular complexity index is 2400. The highest BCUT2D eigenvalue weighted by Gasteiger charge is 2.26. The zero-order chi connectivity index (χ0) is 24.6. The van der Waals surface area contributed by atoms with Gasteiger partial charge in [0.15, 0.2) is 10.9 Å². The number of hydrogen-bond acceptors (Lipinski definition) is 2. The molecule has 8 aromatic carbocycles.